The van der Waals surface area contributed by atoms with Gasteiger partial charge >= 0.3 is 0 Å². The van der Waals surface area contributed by atoms with Gasteiger partial charge in [-0.05, 0) is 14.1 Å². The summed E-state index contributed by atoms with van der Waals surface area (Å²) < 4.78 is 0. The smallest absolute Gasteiger partial charge is 0.00736 e. The maximum atomic E-state index is 3.01. The van der Waals surface area contributed by atoms with E-state index >= 15 is 0 Å². The maximum Gasteiger partial charge on any atom is 0.00736 e. The van der Waals surface area contributed by atoms with E-state index in [1.807, 2.05) is 14.1 Å². The Morgan fingerprint density at radius 3 is 1.57 bits per heavy atom. The molecule has 7 heavy (non-hydrogen) atoms. The van der Waals surface area contributed by atoms with Crippen molar-refractivity contribution in [1.82, 2.24) is 10.6 Å². The maximum absolute atomic E-state index is 3.01. The Morgan fingerprint density at radius 2 is 1.43 bits per heavy atom. The zero-order valence-corrected chi connectivity index (χ0v) is 4.99. The topological polar surface area (TPSA) is 24.1 Å². The first-order chi connectivity index (χ1) is 2.91. The second-order valence-electron chi connectivity index (χ2n) is 1.21. The zero-order valence-electron chi connectivity index (χ0n) is 4.99. The number of nitrogens with one attached hydrogen (secondary N) is 2. The number of likely N-dealkylation sites (N-methyl/N-ethyl adjacent to an activating group) is 2. The molecule has 3 radical (unpaired) electrons. The highest BCUT2D eigenvalue weighted by molar-refractivity contribution is 5.75. The van der Waals surface area contributed by atoms with Crippen LogP contribution in [-0.4, -0.2) is 35.6 Å². The SMILES string of the molecule is CNCCNC.[2HH].[B]. The van der Waals surface area contributed by atoms with E-state index in [2.05, 4.69) is 10.6 Å². The molecule has 0 aliphatic carbocycles. The lowest BCUT2D eigenvalue weighted by molar-refractivity contribution is 0.718. The summed E-state index contributed by atoms with van der Waals surface area (Å²) in [5, 5.41) is 6.01. The number of hydrogen-bond acceptors (Lipinski definition) is 2. The molecule has 0 unspecified atom stereocenters. The lowest BCUT2D eigenvalue weighted by Crippen LogP contribution is -2.21. The number of rotatable bonds is 3. The third kappa shape index (κ3) is 10.7. The highest BCUT2D eigenvalue weighted by atomic mass is 14.9. The van der Waals surface area contributed by atoms with Crippen molar-refractivity contribution >= 4 is 8.41 Å². The predicted octanol–water partition coefficient (Wildman–Crippen LogP) is -0.710. The van der Waals surface area contributed by atoms with Crippen molar-refractivity contribution in [1.29, 1.82) is 0 Å². The molecule has 2 nitrogen and oxygen atoms in total. The van der Waals surface area contributed by atoms with E-state index in [-0.39, 0.29) is 9.84 Å². The van der Waals surface area contributed by atoms with Crippen molar-refractivity contribution in [3.63, 3.8) is 0 Å². The van der Waals surface area contributed by atoms with E-state index in [0.717, 1.165) is 13.1 Å². The Morgan fingerprint density at radius 1 is 1.14 bits per heavy atom. The molecule has 0 amide bonds. The summed E-state index contributed by atoms with van der Waals surface area (Å²) in [4.78, 5) is 0. The van der Waals surface area contributed by atoms with Crippen LogP contribution in [0.5, 0.6) is 0 Å². The van der Waals surface area contributed by atoms with Crippen LogP contribution in [0.15, 0.2) is 0 Å². The van der Waals surface area contributed by atoms with E-state index in [9.17, 15) is 0 Å². The minimum absolute atomic E-state index is 0. The van der Waals surface area contributed by atoms with Crippen LogP contribution in [0.25, 0.3) is 0 Å². The highest BCUT2D eigenvalue weighted by Gasteiger charge is 1.70. The van der Waals surface area contributed by atoms with Crippen molar-refractivity contribution in [2.24, 2.45) is 0 Å². The van der Waals surface area contributed by atoms with Crippen molar-refractivity contribution in [3.05, 3.63) is 0 Å². The van der Waals surface area contributed by atoms with Crippen LogP contribution in [0.3, 0.4) is 0 Å². The van der Waals surface area contributed by atoms with E-state index in [1.54, 1.807) is 0 Å². The van der Waals surface area contributed by atoms with Crippen molar-refractivity contribution in [3.8, 4) is 0 Å². The third-order valence-corrected chi connectivity index (χ3v) is 0.625. The van der Waals surface area contributed by atoms with Gasteiger partial charge in [0.1, 0.15) is 0 Å². The summed E-state index contributed by atoms with van der Waals surface area (Å²) in [5.74, 6) is 0. The minimum atomic E-state index is 0. The Kier molecular flexibility index (Phi) is 13.5. The molecule has 0 spiro atoms. The molecular weight excluding hydrogens is 86.9 g/mol. The zero-order chi connectivity index (χ0) is 4.83. The van der Waals surface area contributed by atoms with Crippen LogP contribution in [0, 0.1) is 0 Å². The Bertz CT molecular complexity index is 26.0. The third-order valence-electron chi connectivity index (χ3n) is 0.625. The molecule has 0 aliphatic rings. The quantitative estimate of drug-likeness (QED) is 0.363. The summed E-state index contributed by atoms with van der Waals surface area (Å²) in [5.41, 5.74) is 0. The number of hydrogen-bond donors (Lipinski definition) is 2. The Labute approximate surface area is 48.7 Å². The molecule has 3 heteroatoms. The fraction of sp³-hybridized carbons (Fsp3) is 1.00. The standard InChI is InChI=1S/C4H12N2.B.H2/c1-5-3-4-6-2;;/h5-6H,3-4H2,1-2H3;;1H/i;;1+1. The van der Waals surface area contributed by atoms with Crippen LogP contribution >= 0.6 is 0 Å². The Hall–Kier alpha value is -0.0151. The fourth-order valence-electron chi connectivity index (χ4n) is 0.250. The van der Waals surface area contributed by atoms with E-state index in [1.165, 1.54) is 0 Å². The lowest BCUT2D eigenvalue weighted by atomic mass is 10.6. The average molecular weight is 102 g/mol. The molecule has 43 valence electrons. The Balaban J connectivity index is -0.000000125. The van der Waals surface area contributed by atoms with Crippen LogP contribution in [0.2, 0.25) is 0 Å². The van der Waals surface area contributed by atoms with Crippen molar-refractivity contribution in [2.75, 3.05) is 27.2 Å². The summed E-state index contributed by atoms with van der Waals surface area (Å²) in [6, 6.07) is 0. The van der Waals surface area contributed by atoms with Crippen LogP contribution in [0.1, 0.15) is 1.43 Å². The van der Waals surface area contributed by atoms with Gasteiger partial charge in [0.15, 0.2) is 0 Å². The summed E-state index contributed by atoms with van der Waals surface area (Å²) in [6.07, 6.45) is 0. The normalized spacial score (nSPS) is 7.71. The molecular formula is C4H14BN2. The van der Waals surface area contributed by atoms with E-state index in [4.69, 9.17) is 0 Å². The molecule has 2 N–H and O–H groups in total. The van der Waals surface area contributed by atoms with Gasteiger partial charge in [0.25, 0.3) is 0 Å². The molecule has 0 aromatic carbocycles. The summed E-state index contributed by atoms with van der Waals surface area (Å²) >= 11 is 0. The summed E-state index contributed by atoms with van der Waals surface area (Å²) in [7, 11) is 3.88. The molecule has 0 aromatic rings. The molecule has 0 saturated carbocycles. The molecule has 0 aromatic heterocycles. The molecule has 0 aliphatic heterocycles. The monoisotopic (exact) mass is 102 g/mol. The van der Waals surface area contributed by atoms with Crippen LogP contribution in [0.4, 0.5) is 0 Å². The van der Waals surface area contributed by atoms with E-state index in [0.29, 0.717) is 0 Å². The first-order valence-electron chi connectivity index (χ1n) is 2.21. The molecule has 0 rings (SSSR count). The fourth-order valence-corrected chi connectivity index (χ4v) is 0.250. The van der Waals surface area contributed by atoms with Gasteiger partial charge in [0.05, 0.1) is 0 Å². The predicted molar refractivity (Wildman–Crippen MR) is 35.7 cm³/mol. The minimum Gasteiger partial charge on any atom is -0.318 e. The summed E-state index contributed by atoms with van der Waals surface area (Å²) in [6.45, 7) is 2.10. The highest BCUT2D eigenvalue weighted by Crippen LogP contribution is 1.45. The van der Waals surface area contributed by atoms with Gasteiger partial charge < -0.3 is 10.6 Å². The van der Waals surface area contributed by atoms with Crippen molar-refractivity contribution < 1.29 is 1.43 Å². The largest absolute Gasteiger partial charge is 0.318 e. The van der Waals surface area contributed by atoms with Gasteiger partial charge in [0, 0.05) is 22.9 Å². The first-order valence-corrected chi connectivity index (χ1v) is 2.21. The van der Waals surface area contributed by atoms with Crippen molar-refractivity contribution in [2.45, 2.75) is 0 Å². The molecule has 0 fully saturated rings. The molecule has 0 heterocycles. The van der Waals surface area contributed by atoms with Crippen LogP contribution < -0.4 is 10.6 Å². The second-order valence-corrected chi connectivity index (χ2v) is 1.21. The van der Waals surface area contributed by atoms with Crippen LogP contribution in [-0.2, 0) is 0 Å². The van der Waals surface area contributed by atoms with Gasteiger partial charge in [-0.15, -0.1) is 0 Å². The molecule has 0 atom stereocenters. The van der Waals surface area contributed by atoms with Gasteiger partial charge in [-0.25, -0.2) is 0 Å². The molecule has 0 bridgehead atoms. The lowest BCUT2D eigenvalue weighted by Gasteiger charge is -1.92. The first kappa shape index (κ1) is 10.1. The van der Waals surface area contributed by atoms with Gasteiger partial charge in [-0.2, -0.15) is 0 Å². The molecule has 0 saturated heterocycles. The second kappa shape index (κ2) is 9.37. The average Bonchev–Trinajstić information content (AvgIpc) is 1.61. The van der Waals surface area contributed by atoms with Gasteiger partial charge in [0.2, 0.25) is 0 Å². The van der Waals surface area contributed by atoms with Gasteiger partial charge in [-0.3, -0.25) is 0 Å². The van der Waals surface area contributed by atoms with Gasteiger partial charge in [-0.1, -0.05) is 0 Å². The van der Waals surface area contributed by atoms with E-state index < -0.39 is 0 Å².